The predicted octanol–water partition coefficient (Wildman–Crippen LogP) is 3.29. The molecule has 0 saturated heterocycles. The number of benzene rings is 3. The van der Waals surface area contributed by atoms with Gasteiger partial charge in [0, 0.05) is 11.1 Å². The first-order chi connectivity index (χ1) is 14.9. The standard InChI is InChI=1S/C24H23N3O4/c25-23(26)19-7-4-8-21(13-19)31-15-20(14-22(28)29)27-24(30)18-11-9-17(10-12-18)16-5-2-1-3-6-16/h1-13,20H,14-15H2,(H3,25,26)(H,27,30)(H,28,29)/t20-/m1/s1. The molecule has 0 fully saturated rings. The molecule has 0 radical (unpaired) electrons. The predicted molar refractivity (Wildman–Crippen MR) is 118 cm³/mol. The highest BCUT2D eigenvalue weighted by molar-refractivity contribution is 5.95. The van der Waals surface area contributed by atoms with Crippen molar-refractivity contribution in [1.82, 2.24) is 5.32 Å². The summed E-state index contributed by atoms with van der Waals surface area (Å²) in [6.07, 6.45) is -0.291. The summed E-state index contributed by atoms with van der Waals surface area (Å²) in [5.41, 5.74) is 8.42. The summed E-state index contributed by atoms with van der Waals surface area (Å²) in [5.74, 6) is -1.10. The van der Waals surface area contributed by atoms with Crippen LogP contribution in [0.15, 0.2) is 78.9 Å². The second kappa shape index (κ2) is 10.1. The molecule has 0 unspecified atom stereocenters. The maximum absolute atomic E-state index is 12.6. The molecule has 7 nitrogen and oxygen atoms in total. The third-order valence-corrected chi connectivity index (χ3v) is 4.61. The molecule has 0 aliphatic carbocycles. The monoisotopic (exact) mass is 417 g/mol. The first kappa shape index (κ1) is 21.6. The molecule has 0 saturated carbocycles. The van der Waals surface area contributed by atoms with E-state index in [1.807, 2.05) is 42.5 Å². The molecule has 158 valence electrons. The summed E-state index contributed by atoms with van der Waals surface area (Å²) in [6, 6.07) is 22.8. The first-order valence-corrected chi connectivity index (χ1v) is 9.68. The zero-order valence-corrected chi connectivity index (χ0v) is 16.7. The van der Waals surface area contributed by atoms with Crippen LogP contribution >= 0.6 is 0 Å². The minimum absolute atomic E-state index is 0.0402. The normalized spacial score (nSPS) is 11.4. The van der Waals surface area contributed by atoms with Crippen molar-refractivity contribution >= 4 is 17.7 Å². The topological polar surface area (TPSA) is 126 Å². The van der Waals surface area contributed by atoms with Crippen LogP contribution in [0.4, 0.5) is 0 Å². The van der Waals surface area contributed by atoms with Gasteiger partial charge in [-0.05, 0) is 35.4 Å². The van der Waals surface area contributed by atoms with Gasteiger partial charge in [0.1, 0.15) is 18.2 Å². The number of hydrogen-bond donors (Lipinski definition) is 4. The Morgan fingerprint density at radius 1 is 0.935 bits per heavy atom. The number of amides is 1. The van der Waals surface area contributed by atoms with E-state index in [2.05, 4.69) is 5.32 Å². The molecule has 1 atom stereocenters. The molecule has 0 bridgehead atoms. The van der Waals surface area contributed by atoms with Crippen LogP contribution in [0.3, 0.4) is 0 Å². The van der Waals surface area contributed by atoms with E-state index in [1.54, 1.807) is 36.4 Å². The fourth-order valence-electron chi connectivity index (χ4n) is 3.03. The number of carbonyl (C=O) groups excluding carboxylic acids is 1. The highest BCUT2D eigenvalue weighted by atomic mass is 16.5. The van der Waals surface area contributed by atoms with Crippen molar-refractivity contribution in [3.8, 4) is 16.9 Å². The Morgan fingerprint density at radius 2 is 1.61 bits per heavy atom. The molecule has 0 aromatic heterocycles. The minimum Gasteiger partial charge on any atom is -0.491 e. The lowest BCUT2D eigenvalue weighted by Gasteiger charge is -2.18. The van der Waals surface area contributed by atoms with Crippen molar-refractivity contribution in [3.05, 3.63) is 90.0 Å². The fraction of sp³-hybridized carbons (Fsp3) is 0.125. The van der Waals surface area contributed by atoms with Crippen molar-refractivity contribution in [2.24, 2.45) is 5.73 Å². The minimum atomic E-state index is -1.05. The summed E-state index contributed by atoms with van der Waals surface area (Å²) in [4.78, 5) is 23.9. The van der Waals surface area contributed by atoms with Crippen molar-refractivity contribution in [1.29, 1.82) is 5.41 Å². The highest BCUT2D eigenvalue weighted by Crippen LogP contribution is 2.19. The molecule has 5 N–H and O–H groups in total. The second-order valence-corrected chi connectivity index (χ2v) is 6.96. The Labute approximate surface area is 180 Å². The molecule has 0 spiro atoms. The quantitative estimate of drug-likeness (QED) is 0.314. The van der Waals surface area contributed by atoms with Crippen molar-refractivity contribution in [3.63, 3.8) is 0 Å². The van der Waals surface area contributed by atoms with Gasteiger partial charge in [-0.15, -0.1) is 0 Å². The van der Waals surface area contributed by atoms with Gasteiger partial charge in [0.15, 0.2) is 0 Å². The lowest BCUT2D eigenvalue weighted by molar-refractivity contribution is -0.137. The molecule has 3 aromatic rings. The number of ether oxygens (including phenoxy) is 1. The first-order valence-electron chi connectivity index (χ1n) is 9.68. The van der Waals surface area contributed by atoms with Gasteiger partial charge in [-0.25, -0.2) is 0 Å². The van der Waals surface area contributed by atoms with E-state index < -0.39 is 12.0 Å². The van der Waals surface area contributed by atoms with E-state index in [-0.39, 0.29) is 24.8 Å². The van der Waals surface area contributed by atoms with E-state index in [9.17, 15) is 14.7 Å². The molecule has 0 heterocycles. The molecular formula is C24H23N3O4. The summed E-state index contributed by atoms with van der Waals surface area (Å²) in [7, 11) is 0. The number of amidine groups is 1. The average Bonchev–Trinajstić information content (AvgIpc) is 2.78. The number of nitrogen functional groups attached to an aromatic ring is 1. The summed E-state index contributed by atoms with van der Waals surface area (Å²) < 4.78 is 5.64. The number of carbonyl (C=O) groups is 2. The zero-order valence-electron chi connectivity index (χ0n) is 16.7. The summed E-state index contributed by atoms with van der Waals surface area (Å²) in [6.45, 7) is -0.0402. The third-order valence-electron chi connectivity index (χ3n) is 4.61. The van der Waals surface area contributed by atoms with Crippen molar-refractivity contribution in [2.75, 3.05) is 6.61 Å². The van der Waals surface area contributed by atoms with Crippen molar-refractivity contribution < 1.29 is 19.4 Å². The number of hydrogen-bond acceptors (Lipinski definition) is 4. The largest absolute Gasteiger partial charge is 0.491 e. The Bertz CT molecular complexity index is 1070. The second-order valence-electron chi connectivity index (χ2n) is 6.96. The SMILES string of the molecule is N=C(N)c1cccc(OC[C@@H](CC(=O)O)NC(=O)c2ccc(-c3ccccc3)cc2)c1. The smallest absolute Gasteiger partial charge is 0.305 e. The Kier molecular flexibility index (Phi) is 7.01. The molecule has 0 aliphatic heterocycles. The van der Waals surface area contributed by atoms with Crippen LogP contribution in [0.2, 0.25) is 0 Å². The van der Waals surface area contributed by atoms with E-state index >= 15 is 0 Å². The van der Waals surface area contributed by atoms with Crippen LogP contribution < -0.4 is 15.8 Å². The van der Waals surface area contributed by atoms with E-state index in [0.717, 1.165) is 11.1 Å². The van der Waals surface area contributed by atoms with Crippen LogP contribution in [0.1, 0.15) is 22.3 Å². The van der Waals surface area contributed by atoms with E-state index in [4.69, 9.17) is 15.9 Å². The maximum Gasteiger partial charge on any atom is 0.305 e. The molecule has 31 heavy (non-hydrogen) atoms. The van der Waals surface area contributed by atoms with Crippen LogP contribution in [-0.4, -0.2) is 35.5 Å². The molecule has 3 aromatic carbocycles. The molecule has 7 heteroatoms. The van der Waals surface area contributed by atoms with Gasteiger partial charge in [-0.2, -0.15) is 0 Å². The lowest BCUT2D eigenvalue weighted by atomic mass is 10.0. The van der Waals surface area contributed by atoms with Crippen LogP contribution in [0.5, 0.6) is 5.75 Å². The average molecular weight is 417 g/mol. The number of carboxylic acids is 1. The Morgan fingerprint density at radius 3 is 2.26 bits per heavy atom. The molecule has 0 aliphatic rings. The zero-order chi connectivity index (χ0) is 22.2. The molecular weight excluding hydrogens is 394 g/mol. The Balaban J connectivity index is 1.66. The highest BCUT2D eigenvalue weighted by Gasteiger charge is 2.18. The van der Waals surface area contributed by atoms with Crippen LogP contribution in [0.25, 0.3) is 11.1 Å². The number of rotatable bonds is 9. The van der Waals surface area contributed by atoms with Gasteiger partial charge in [0.05, 0.1) is 12.5 Å². The molecule has 1 amide bonds. The summed E-state index contributed by atoms with van der Waals surface area (Å²) in [5, 5.41) is 19.4. The number of nitrogens with two attached hydrogens (primary N) is 1. The number of aliphatic carboxylic acids is 1. The lowest BCUT2D eigenvalue weighted by Crippen LogP contribution is -2.40. The Hall–Kier alpha value is -4.13. The van der Waals surface area contributed by atoms with Gasteiger partial charge in [0.25, 0.3) is 5.91 Å². The van der Waals surface area contributed by atoms with Crippen LogP contribution in [0, 0.1) is 5.41 Å². The maximum atomic E-state index is 12.6. The third kappa shape index (κ3) is 6.17. The van der Waals surface area contributed by atoms with E-state index in [1.165, 1.54) is 0 Å². The van der Waals surface area contributed by atoms with Gasteiger partial charge in [0.2, 0.25) is 0 Å². The number of carboxylic acid groups (broad SMARTS) is 1. The molecule has 3 rings (SSSR count). The summed E-state index contributed by atoms with van der Waals surface area (Å²) >= 11 is 0. The van der Waals surface area contributed by atoms with Gasteiger partial charge < -0.3 is 20.9 Å². The van der Waals surface area contributed by atoms with Gasteiger partial charge >= 0.3 is 5.97 Å². The van der Waals surface area contributed by atoms with Crippen molar-refractivity contribution in [2.45, 2.75) is 12.5 Å². The van der Waals surface area contributed by atoms with Crippen LogP contribution in [-0.2, 0) is 4.79 Å². The van der Waals surface area contributed by atoms with E-state index in [0.29, 0.717) is 16.9 Å². The fourth-order valence-corrected chi connectivity index (χ4v) is 3.03. The van der Waals surface area contributed by atoms with Gasteiger partial charge in [-0.3, -0.25) is 15.0 Å². The number of nitrogens with one attached hydrogen (secondary N) is 2. The van der Waals surface area contributed by atoms with Gasteiger partial charge in [-0.1, -0.05) is 54.6 Å².